The van der Waals surface area contributed by atoms with Crippen LogP contribution in [0.4, 0.5) is 5.69 Å². The van der Waals surface area contributed by atoms with Crippen LogP contribution in [0.25, 0.3) is 22.0 Å². The molecule has 1 aromatic heterocycles. The molecule has 0 saturated carbocycles. The van der Waals surface area contributed by atoms with Gasteiger partial charge in [0.2, 0.25) is 0 Å². The fourth-order valence-corrected chi connectivity index (χ4v) is 5.58. The number of para-hydroxylation sites is 1. The van der Waals surface area contributed by atoms with Crippen LogP contribution in [0.1, 0.15) is 19.4 Å². The number of aromatic nitrogens is 1. The number of hydrogen-bond donors (Lipinski definition) is 0. The minimum Gasteiger partial charge on any atom is -0.497 e. The Morgan fingerprint density at radius 1 is 1.03 bits per heavy atom. The van der Waals surface area contributed by atoms with Crippen molar-refractivity contribution in [3.05, 3.63) is 96.2 Å². The molecule has 0 fully saturated rings. The van der Waals surface area contributed by atoms with Crippen LogP contribution in [0.2, 0.25) is 0 Å². The first kappa shape index (κ1) is 23.2. The molecule has 176 valence electrons. The summed E-state index contributed by atoms with van der Waals surface area (Å²) in [7, 11) is 3.69. The minimum atomic E-state index is -0.218. The van der Waals surface area contributed by atoms with Crippen molar-refractivity contribution in [3.8, 4) is 16.9 Å². The summed E-state index contributed by atoms with van der Waals surface area (Å²) in [4.78, 5) is 20.1. The van der Waals surface area contributed by atoms with E-state index in [1.165, 1.54) is 17.3 Å². The molecule has 0 N–H and O–H groups in total. The van der Waals surface area contributed by atoms with E-state index in [2.05, 4.69) is 55.1 Å². The summed E-state index contributed by atoms with van der Waals surface area (Å²) in [5.41, 5.74) is 6.26. The van der Waals surface area contributed by atoms with Crippen molar-refractivity contribution in [2.75, 3.05) is 24.8 Å². The molecule has 3 aromatic carbocycles. The van der Waals surface area contributed by atoms with E-state index in [0.717, 1.165) is 44.2 Å². The lowest BCUT2D eigenvalue weighted by Crippen LogP contribution is -2.24. The summed E-state index contributed by atoms with van der Waals surface area (Å²) in [6, 6.07) is 26.6. The fourth-order valence-electron chi connectivity index (χ4n) is 4.84. The number of pyridine rings is 1. The zero-order chi connectivity index (χ0) is 24.6. The first-order chi connectivity index (χ1) is 16.9. The Labute approximate surface area is 210 Å². The molecule has 0 radical (unpaired) electrons. The number of fused-ring (bicyclic) bond motifs is 2. The molecule has 0 unspecified atom stereocenters. The van der Waals surface area contributed by atoms with Crippen LogP contribution in [0.5, 0.6) is 5.75 Å². The van der Waals surface area contributed by atoms with Gasteiger partial charge < -0.3 is 9.64 Å². The van der Waals surface area contributed by atoms with Crippen LogP contribution >= 0.6 is 11.8 Å². The van der Waals surface area contributed by atoms with Gasteiger partial charge in [-0.2, -0.15) is 0 Å². The van der Waals surface area contributed by atoms with E-state index in [1.807, 2.05) is 49.5 Å². The number of rotatable bonds is 6. The van der Waals surface area contributed by atoms with Crippen molar-refractivity contribution in [3.63, 3.8) is 0 Å². The van der Waals surface area contributed by atoms with E-state index < -0.39 is 0 Å². The van der Waals surface area contributed by atoms with Crippen molar-refractivity contribution in [2.24, 2.45) is 0 Å². The summed E-state index contributed by atoms with van der Waals surface area (Å²) < 4.78 is 5.42. The fraction of sp³-hybridized carbons (Fsp3) is 0.200. The quantitative estimate of drug-likeness (QED) is 0.222. The topological polar surface area (TPSA) is 42.4 Å². The lowest BCUT2D eigenvalue weighted by atomic mass is 9.83. The molecule has 0 aliphatic carbocycles. The molecular formula is C30H28N2O2S. The van der Waals surface area contributed by atoms with E-state index in [9.17, 15) is 4.79 Å². The van der Waals surface area contributed by atoms with Gasteiger partial charge in [0.1, 0.15) is 5.75 Å². The number of hydrogen-bond acceptors (Lipinski definition) is 5. The molecule has 35 heavy (non-hydrogen) atoms. The van der Waals surface area contributed by atoms with Crippen molar-refractivity contribution in [1.29, 1.82) is 0 Å². The Bertz CT molecular complexity index is 1440. The predicted octanol–water partition coefficient (Wildman–Crippen LogP) is 6.88. The van der Waals surface area contributed by atoms with Gasteiger partial charge in [-0.25, -0.2) is 4.98 Å². The van der Waals surface area contributed by atoms with Crippen LogP contribution in [0.15, 0.2) is 95.7 Å². The lowest BCUT2D eigenvalue weighted by molar-refractivity contribution is -0.112. The van der Waals surface area contributed by atoms with E-state index in [4.69, 9.17) is 9.72 Å². The number of benzene rings is 3. The monoisotopic (exact) mass is 480 g/mol. The van der Waals surface area contributed by atoms with Gasteiger partial charge in [0, 0.05) is 41.4 Å². The molecule has 1 aliphatic heterocycles. The van der Waals surface area contributed by atoms with E-state index in [0.29, 0.717) is 5.75 Å². The van der Waals surface area contributed by atoms with Crippen LogP contribution in [-0.2, 0) is 10.2 Å². The Balaban J connectivity index is 1.44. The predicted molar refractivity (Wildman–Crippen MR) is 145 cm³/mol. The first-order valence-electron chi connectivity index (χ1n) is 11.6. The highest BCUT2D eigenvalue weighted by molar-refractivity contribution is 7.99. The summed E-state index contributed by atoms with van der Waals surface area (Å²) in [5.74, 6) is 1.16. The third-order valence-electron chi connectivity index (χ3n) is 6.68. The maximum Gasteiger partial charge on any atom is 0.167 e. The number of ether oxygens (including phenoxy) is 1. The molecule has 5 heteroatoms. The van der Waals surface area contributed by atoms with Gasteiger partial charge in [-0.3, -0.25) is 4.79 Å². The number of anilines is 1. The molecule has 0 saturated heterocycles. The highest BCUT2D eigenvalue weighted by Gasteiger charge is 2.38. The largest absolute Gasteiger partial charge is 0.497 e. The SMILES string of the molecule is COc1ccc2c(-c3ccccc3)cc(SCC(=O)C=C3N(C)c4ccccc4C3(C)C)nc2c1. The van der Waals surface area contributed by atoms with Crippen molar-refractivity contribution in [2.45, 2.75) is 24.3 Å². The molecule has 4 aromatic rings. The van der Waals surface area contributed by atoms with Crippen molar-refractivity contribution >= 4 is 34.1 Å². The molecule has 5 rings (SSSR count). The maximum absolute atomic E-state index is 13.1. The minimum absolute atomic E-state index is 0.0755. The number of carbonyl (C=O) groups excluding carboxylic acids is 1. The molecule has 0 atom stereocenters. The number of carbonyl (C=O) groups is 1. The third-order valence-corrected chi connectivity index (χ3v) is 7.61. The summed E-state index contributed by atoms with van der Waals surface area (Å²) in [6.45, 7) is 4.35. The van der Waals surface area contributed by atoms with Gasteiger partial charge >= 0.3 is 0 Å². The van der Waals surface area contributed by atoms with Gasteiger partial charge in [0.25, 0.3) is 0 Å². The van der Waals surface area contributed by atoms with Gasteiger partial charge in [-0.1, -0.05) is 74.1 Å². The molecule has 0 bridgehead atoms. The number of thioether (sulfide) groups is 1. The van der Waals surface area contributed by atoms with Gasteiger partial charge in [0.15, 0.2) is 5.78 Å². The van der Waals surface area contributed by atoms with E-state index in [1.54, 1.807) is 13.2 Å². The molecule has 1 aliphatic rings. The lowest BCUT2D eigenvalue weighted by Gasteiger charge is -2.23. The molecule has 0 spiro atoms. The second-order valence-corrected chi connectivity index (χ2v) is 10.2. The average molecular weight is 481 g/mol. The molecular weight excluding hydrogens is 452 g/mol. The van der Waals surface area contributed by atoms with Crippen molar-refractivity contribution < 1.29 is 9.53 Å². The Morgan fingerprint density at radius 2 is 1.77 bits per heavy atom. The smallest absolute Gasteiger partial charge is 0.167 e. The standard InChI is InChI=1S/C30H28N2O2S/c1-30(2)25-12-8-9-13-27(25)32(3)28(30)16-21(33)19-35-29-18-24(20-10-6-5-7-11-20)23-15-14-22(34-4)17-26(23)31-29/h5-18H,19H2,1-4H3. The zero-order valence-corrected chi connectivity index (χ0v) is 21.2. The highest BCUT2D eigenvalue weighted by Crippen LogP contribution is 2.46. The van der Waals surface area contributed by atoms with Crippen LogP contribution < -0.4 is 9.64 Å². The van der Waals surface area contributed by atoms with Crippen LogP contribution in [0.3, 0.4) is 0 Å². The zero-order valence-electron chi connectivity index (χ0n) is 20.4. The third kappa shape index (κ3) is 4.32. The summed E-state index contributed by atoms with van der Waals surface area (Å²) in [6.07, 6.45) is 1.80. The van der Waals surface area contributed by atoms with Gasteiger partial charge in [-0.15, -0.1) is 0 Å². The van der Waals surface area contributed by atoms with Crippen molar-refractivity contribution in [1.82, 2.24) is 4.98 Å². The summed E-state index contributed by atoms with van der Waals surface area (Å²) in [5, 5.41) is 1.88. The maximum atomic E-state index is 13.1. The Kier molecular flexibility index (Phi) is 6.12. The number of allylic oxidation sites excluding steroid dienone is 2. The molecule has 2 heterocycles. The number of likely N-dealkylation sites (N-methyl/N-ethyl adjacent to an activating group) is 1. The second kappa shape index (κ2) is 9.23. The number of methoxy groups -OCH3 is 1. The van der Waals surface area contributed by atoms with Gasteiger partial charge in [-0.05, 0) is 41.0 Å². The van der Waals surface area contributed by atoms with E-state index in [-0.39, 0.29) is 11.2 Å². The second-order valence-electron chi connectivity index (χ2n) is 9.24. The number of nitrogens with zero attached hydrogens (tertiary/aromatic N) is 2. The Morgan fingerprint density at radius 3 is 2.51 bits per heavy atom. The Hall–Kier alpha value is -3.57. The summed E-state index contributed by atoms with van der Waals surface area (Å²) >= 11 is 1.47. The van der Waals surface area contributed by atoms with Gasteiger partial charge in [0.05, 0.1) is 23.4 Å². The normalized spacial score (nSPS) is 15.4. The number of ketones is 1. The average Bonchev–Trinajstić information content (AvgIpc) is 3.07. The van der Waals surface area contributed by atoms with Crippen LogP contribution in [0, 0.1) is 0 Å². The first-order valence-corrected chi connectivity index (χ1v) is 12.6. The highest BCUT2D eigenvalue weighted by atomic mass is 32.2. The molecule has 4 nitrogen and oxygen atoms in total. The van der Waals surface area contributed by atoms with Crippen LogP contribution in [-0.4, -0.2) is 30.7 Å². The van der Waals surface area contributed by atoms with E-state index >= 15 is 0 Å². The molecule has 0 amide bonds.